The highest BCUT2D eigenvalue weighted by atomic mass is 35.5. The first kappa shape index (κ1) is 17.8. The third-order valence-electron chi connectivity index (χ3n) is 4.32. The molecule has 0 radical (unpaired) electrons. The average molecular weight is 354 g/mol. The number of aryl methyl sites for hydroxylation is 1. The van der Waals surface area contributed by atoms with E-state index < -0.39 is 0 Å². The first-order chi connectivity index (χ1) is 12.2. The molecule has 25 heavy (non-hydrogen) atoms. The van der Waals surface area contributed by atoms with Crippen LogP contribution in [0.4, 0.5) is 0 Å². The van der Waals surface area contributed by atoms with Crippen molar-refractivity contribution >= 4 is 22.6 Å². The van der Waals surface area contributed by atoms with Gasteiger partial charge in [-0.25, -0.2) is 0 Å². The summed E-state index contributed by atoms with van der Waals surface area (Å²) in [6.07, 6.45) is 4.88. The second-order valence-electron chi connectivity index (χ2n) is 6.44. The Labute approximate surface area is 154 Å². The molecule has 0 amide bonds. The zero-order valence-corrected chi connectivity index (χ0v) is 15.6. The molecule has 0 saturated heterocycles. The van der Waals surface area contributed by atoms with E-state index in [1.807, 2.05) is 36.4 Å². The Morgan fingerprint density at radius 2 is 1.76 bits per heavy atom. The Morgan fingerprint density at radius 1 is 0.960 bits per heavy atom. The van der Waals surface area contributed by atoms with Crippen LogP contribution >= 0.6 is 11.6 Å². The summed E-state index contributed by atoms with van der Waals surface area (Å²) in [6, 6.07) is 16.0. The Morgan fingerprint density at radius 3 is 2.52 bits per heavy atom. The van der Waals surface area contributed by atoms with E-state index in [9.17, 15) is 0 Å². The van der Waals surface area contributed by atoms with E-state index in [0.717, 1.165) is 45.6 Å². The van der Waals surface area contributed by atoms with E-state index in [0.29, 0.717) is 0 Å². The normalized spacial score (nSPS) is 12.0. The summed E-state index contributed by atoms with van der Waals surface area (Å²) in [6.45, 7) is 5.18. The molecule has 0 fully saturated rings. The number of nitrogens with zero attached hydrogens (tertiary/aromatic N) is 1. The molecule has 0 atom stereocenters. The molecule has 0 bridgehead atoms. The third kappa shape index (κ3) is 4.52. The molecule has 3 aromatic rings. The summed E-state index contributed by atoms with van der Waals surface area (Å²) in [4.78, 5) is 4.86. The molecule has 1 heterocycles. The van der Waals surface area contributed by atoms with E-state index in [2.05, 4.69) is 26.0 Å². The van der Waals surface area contributed by atoms with Crippen LogP contribution < -0.4 is 5.36 Å². The maximum absolute atomic E-state index is 6.13. The van der Waals surface area contributed by atoms with Crippen molar-refractivity contribution in [3.05, 3.63) is 64.5 Å². The van der Waals surface area contributed by atoms with Gasteiger partial charge in [0.05, 0.1) is 5.36 Å². The molecular formula is C22H24ClNO. The van der Waals surface area contributed by atoms with E-state index >= 15 is 0 Å². The molecule has 3 heteroatoms. The molecule has 0 N–H and O–H groups in total. The summed E-state index contributed by atoms with van der Waals surface area (Å²) in [7, 11) is 0. The molecule has 0 spiro atoms. The fraction of sp³-hybridized carbons (Fsp3) is 0.318. The molecule has 1 aromatic heterocycles. The molecule has 130 valence electrons. The van der Waals surface area contributed by atoms with Crippen molar-refractivity contribution in [1.29, 1.82) is 0 Å². The van der Waals surface area contributed by atoms with Gasteiger partial charge in [0.25, 0.3) is 0 Å². The van der Waals surface area contributed by atoms with Crippen LogP contribution in [0.15, 0.2) is 57.9 Å². The van der Waals surface area contributed by atoms with Crippen molar-refractivity contribution in [2.75, 3.05) is 6.54 Å². The Bertz CT molecular complexity index is 909. The predicted molar refractivity (Wildman–Crippen MR) is 106 cm³/mol. The minimum atomic E-state index is 0.723. The SMILES string of the molecule is CCCCCCN=c1cc(-c2ccc(Cl)cc2)oc2ccc(C)cc12. The first-order valence-electron chi connectivity index (χ1n) is 8.98. The monoisotopic (exact) mass is 353 g/mol. The fourth-order valence-electron chi connectivity index (χ4n) is 2.91. The lowest BCUT2D eigenvalue weighted by atomic mass is 10.1. The largest absolute Gasteiger partial charge is 0.456 e. The first-order valence-corrected chi connectivity index (χ1v) is 9.36. The van der Waals surface area contributed by atoms with Crippen LogP contribution in [0.25, 0.3) is 22.3 Å². The van der Waals surface area contributed by atoms with Crippen LogP contribution in [-0.4, -0.2) is 6.54 Å². The van der Waals surface area contributed by atoms with Gasteiger partial charge in [0.1, 0.15) is 11.3 Å². The minimum Gasteiger partial charge on any atom is -0.456 e. The van der Waals surface area contributed by atoms with Crippen molar-refractivity contribution in [3.63, 3.8) is 0 Å². The summed E-state index contributed by atoms with van der Waals surface area (Å²) in [5.74, 6) is 0.820. The van der Waals surface area contributed by atoms with Crippen LogP contribution in [-0.2, 0) is 0 Å². The molecule has 0 aliphatic heterocycles. The molecule has 0 saturated carbocycles. The number of halogens is 1. The van der Waals surface area contributed by atoms with E-state index in [1.54, 1.807) is 0 Å². The van der Waals surface area contributed by atoms with Crippen molar-refractivity contribution < 1.29 is 4.42 Å². The van der Waals surface area contributed by atoms with Crippen molar-refractivity contribution in [3.8, 4) is 11.3 Å². The Kier molecular flexibility index (Phi) is 5.93. The van der Waals surface area contributed by atoms with E-state index in [4.69, 9.17) is 21.0 Å². The number of rotatable bonds is 6. The van der Waals surface area contributed by atoms with Gasteiger partial charge >= 0.3 is 0 Å². The fourth-order valence-corrected chi connectivity index (χ4v) is 3.03. The predicted octanol–water partition coefficient (Wildman–Crippen LogP) is 6.54. The van der Waals surface area contributed by atoms with Crippen LogP contribution in [0, 0.1) is 6.92 Å². The summed E-state index contributed by atoms with van der Waals surface area (Å²) in [5.41, 5.74) is 3.09. The minimum absolute atomic E-state index is 0.723. The smallest absolute Gasteiger partial charge is 0.136 e. The Hall–Kier alpha value is -2.06. The topological polar surface area (TPSA) is 25.5 Å². The molecule has 0 unspecified atom stereocenters. The number of benzene rings is 2. The highest BCUT2D eigenvalue weighted by Gasteiger charge is 2.06. The quantitative estimate of drug-likeness (QED) is 0.462. The van der Waals surface area contributed by atoms with Crippen molar-refractivity contribution in [2.24, 2.45) is 4.99 Å². The van der Waals surface area contributed by atoms with E-state index in [1.165, 1.54) is 24.8 Å². The molecule has 2 aromatic carbocycles. The van der Waals surface area contributed by atoms with Gasteiger partial charge in [0.2, 0.25) is 0 Å². The van der Waals surface area contributed by atoms with Crippen LogP contribution in [0.3, 0.4) is 0 Å². The van der Waals surface area contributed by atoms with Gasteiger partial charge in [-0.3, -0.25) is 4.99 Å². The molecule has 3 rings (SSSR count). The zero-order chi connectivity index (χ0) is 17.6. The van der Waals surface area contributed by atoms with Gasteiger partial charge in [-0.2, -0.15) is 0 Å². The molecule has 0 aliphatic rings. The summed E-state index contributed by atoms with van der Waals surface area (Å²) < 4.78 is 6.13. The standard InChI is InChI=1S/C22H24ClNO/c1-3-4-5-6-13-24-20-15-22(17-8-10-18(23)11-9-17)25-21-12-7-16(2)14-19(20)21/h7-12,14-15H,3-6,13H2,1-2H3. The van der Waals surface area contributed by atoms with Gasteiger partial charge in [-0.05, 0) is 49.7 Å². The van der Waals surface area contributed by atoms with E-state index in [-0.39, 0.29) is 0 Å². The van der Waals surface area contributed by atoms with Gasteiger partial charge in [0, 0.05) is 28.6 Å². The number of hydrogen-bond acceptors (Lipinski definition) is 2. The molecule has 2 nitrogen and oxygen atoms in total. The second-order valence-corrected chi connectivity index (χ2v) is 6.88. The summed E-state index contributed by atoms with van der Waals surface area (Å²) >= 11 is 6.00. The maximum Gasteiger partial charge on any atom is 0.136 e. The van der Waals surface area contributed by atoms with Gasteiger partial charge < -0.3 is 4.42 Å². The number of fused-ring (bicyclic) bond motifs is 1. The van der Waals surface area contributed by atoms with Gasteiger partial charge in [0.15, 0.2) is 0 Å². The third-order valence-corrected chi connectivity index (χ3v) is 4.57. The highest BCUT2D eigenvalue weighted by Crippen LogP contribution is 2.24. The van der Waals surface area contributed by atoms with Gasteiger partial charge in [-0.15, -0.1) is 0 Å². The van der Waals surface area contributed by atoms with Crippen LogP contribution in [0.2, 0.25) is 5.02 Å². The zero-order valence-electron chi connectivity index (χ0n) is 14.9. The van der Waals surface area contributed by atoms with Crippen LogP contribution in [0.1, 0.15) is 38.2 Å². The number of hydrogen-bond donors (Lipinski definition) is 0. The lowest BCUT2D eigenvalue weighted by Crippen LogP contribution is -2.05. The number of unbranched alkanes of at least 4 members (excludes halogenated alkanes) is 3. The van der Waals surface area contributed by atoms with Gasteiger partial charge in [-0.1, -0.05) is 49.4 Å². The Balaban J connectivity index is 2.03. The lowest BCUT2D eigenvalue weighted by molar-refractivity contribution is 0.617. The van der Waals surface area contributed by atoms with Crippen molar-refractivity contribution in [2.45, 2.75) is 39.5 Å². The second kappa shape index (κ2) is 8.35. The molecular weight excluding hydrogens is 330 g/mol. The van der Waals surface area contributed by atoms with Crippen molar-refractivity contribution in [1.82, 2.24) is 0 Å². The highest BCUT2D eigenvalue weighted by molar-refractivity contribution is 6.30. The van der Waals surface area contributed by atoms with Crippen LogP contribution in [0.5, 0.6) is 0 Å². The lowest BCUT2D eigenvalue weighted by Gasteiger charge is -2.06. The maximum atomic E-state index is 6.13. The summed E-state index contributed by atoms with van der Waals surface area (Å²) in [5, 5.41) is 2.81. The average Bonchev–Trinajstić information content (AvgIpc) is 2.62. The molecule has 0 aliphatic carbocycles.